The van der Waals surface area contributed by atoms with E-state index in [4.69, 9.17) is 4.74 Å². The van der Waals surface area contributed by atoms with E-state index >= 15 is 0 Å². The van der Waals surface area contributed by atoms with Crippen LogP contribution in [-0.4, -0.2) is 9.78 Å². The molecule has 0 bridgehead atoms. The molecular formula is C20H19N3O. The second-order valence-electron chi connectivity index (χ2n) is 5.82. The third kappa shape index (κ3) is 3.02. The molecule has 0 radical (unpaired) electrons. The highest BCUT2D eigenvalue weighted by Crippen LogP contribution is 2.23. The smallest absolute Gasteiger partial charge is 0.132 e. The van der Waals surface area contributed by atoms with Gasteiger partial charge >= 0.3 is 0 Å². The van der Waals surface area contributed by atoms with Crippen molar-refractivity contribution in [2.75, 3.05) is 0 Å². The number of ether oxygens (including phenoxy) is 1. The predicted octanol–water partition coefficient (Wildman–Crippen LogP) is 4.25. The van der Waals surface area contributed by atoms with Crippen LogP contribution < -0.4 is 4.74 Å². The van der Waals surface area contributed by atoms with E-state index in [-0.39, 0.29) is 0 Å². The lowest BCUT2D eigenvalue weighted by molar-refractivity contribution is 0.295. The molecule has 0 saturated heterocycles. The van der Waals surface area contributed by atoms with Crippen molar-refractivity contribution in [3.63, 3.8) is 0 Å². The van der Waals surface area contributed by atoms with Crippen LogP contribution in [0, 0.1) is 32.1 Å². The van der Waals surface area contributed by atoms with Gasteiger partial charge in [-0.3, -0.25) is 0 Å². The lowest BCUT2D eigenvalue weighted by Gasteiger charge is -2.12. The molecule has 4 heteroatoms. The molecule has 0 spiro atoms. The largest absolute Gasteiger partial charge is 0.487 e. The van der Waals surface area contributed by atoms with Gasteiger partial charge in [0.05, 0.1) is 17.1 Å². The van der Waals surface area contributed by atoms with Gasteiger partial charge in [-0.2, -0.15) is 10.4 Å². The minimum Gasteiger partial charge on any atom is -0.487 e. The van der Waals surface area contributed by atoms with Crippen molar-refractivity contribution in [1.29, 1.82) is 5.26 Å². The minimum atomic E-state index is 0.295. The van der Waals surface area contributed by atoms with Gasteiger partial charge in [0.1, 0.15) is 24.0 Å². The summed E-state index contributed by atoms with van der Waals surface area (Å²) in [7, 11) is 0. The molecule has 0 aliphatic rings. The van der Waals surface area contributed by atoms with Crippen LogP contribution in [0.4, 0.5) is 0 Å². The van der Waals surface area contributed by atoms with Crippen molar-refractivity contribution < 1.29 is 4.74 Å². The third-order valence-corrected chi connectivity index (χ3v) is 3.98. The van der Waals surface area contributed by atoms with Gasteiger partial charge in [-0.05, 0) is 50.1 Å². The monoisotopic (exact) mass is 317 g/mol. The van der Waals surface area contributed by atoms with Crippen LogP contribution in [-0.2, 0) is 6.61 Å². The first-order valence-electron chi connectivity index (χ1n) is 7.84. The van der Waals surface area contributed by atoms with Gasteiger partial charge in [-0.25, -0.2) is 4.68 Å². The summed E-state index contributed by atoms with van der Waals surface area (Å²) in [6, 6.07) is 18.2. The normalized spacial score (nSPS) is 10.4. The summed E-state index contributed by atoms with van der Waals surface area (Å²) in [6.07, 6.45) is 0. The highest BCUT2D eigenvalue weighted by atomic mass is 16.5. The zero-order chi connectivity index (χ0) is 17.1. The third-order valence-electron chi connectivity index (χ3n) is 3.98. The molecule has 0 unspecified atom stereocenters. The molecule has 120 valence electrons. The summed E-state index contributed by atoms with van der Waals surface area (Å²) in [5.41, 5.74) is 5.18. The van der Waals surface area contributed by atoms with Crippen molar-refractivity contribution in [3.05, 3.63) is 76.6 Å². The summed E-state index contributed by atoms with van der Waals surface area (Å²) < 4.78 is 7.80. The average Bonchev–Trinajstić information content (AvgIpc) is 2.92. The Bertz CT molecular complexity index is 905. The van der Waals surface area contributed by atoms with Gasteiger partial charge in [0, 0.05) is 0 Å². The van der Waals surface area contributed by atoms with Crippen molar-refractivity contribution in [1.82, 2.24) is 9.78 Å². The van der Waals surface area contributed by atoms with E-state index in [9.17, 15) is 5.26 Å². The van der Waals surface area contributed by atoms with E-state index < -0.39 is 0 Å². The fraction of sp³-hybridized carbons (Fsp3) is 0.200. The van der Waals surface area contributed by atoms with Crippen LogP contribution in [0.1, 0.15) is 28.1 Å². The predicted molar refractivity (Wildman–Crippen MR) is 93.3 cm³/mol. The van der Waals surface area contributed by atoms with E-state index in [0.29, 0.717) is 17.9 Å². The zero-order valence-corrected chi connectivity index (χ0v) is 14.1. The molecule has 24 heavy (non-hydrogen) atoms. The first kappa shape index (κ1) is 15.8. The zero-order valence-electron chi connectivity index (χ0n) is 14.1. The lowest BCUT2D eigenvalue weighted by atomic mass is 10.1. The van der Waals surface area contributed by atoms with Gasteiger partial charge in [0.2, 0.25) is 0 Å². The number of rotatable bonds is 4. The lowest BCUT2D eigenvalue weighted by Crippen LogP contribution is -2.07. The Hall–Kier alpha value is -3.06. The van der Waals surface area contributed by atoms with Crippen LogP contribution in [0.5, 0.6) is 5.75 Å². The van der Waals surface area contributed by atoms with Crippen LogP contribution in [0.3, 0.4) is 0 Å². The van der Waals surface area contributed by atoms with Gasteiger partial charge in [0.15, 0.2) is 0 Å². The summed E-state index contributed by atoms with van der Waals surface area (Å²) in [4.78, 5) is 0. The molecule has 0 atom stereocenters. The van der Waals surface area contributed by atoms with Crippen molar-refractivity contribution >= 4 is 0 Å². The molecule has 3 aromatic rings. The first-order valence-corrected chi connectivity index (χ1v) is 7.84. The van der Waals surface area contributed by atoms with E-state index in [2.05, 4.69) is 17.2 Å². The molecule has 0 N–H and O–H groups in total. The van der Waals surface area contributed by atoms with E-state index in [1.54, 1.807) is 4.68 Å². The number of hydrogen-bond donors (Lipinski definition) is 0. The van der Waals surface area contributed by atoms with Crippen molar-refractivity contribution in [3.8, 4) is 17.5 Å². The molecule has 0 saturated carbocycles. The molecule has 3 rings (SSSR count). The quantitative estimate of drug-likeness (QED) is 0.723. The SMILES string of the molecule is Cc1ccc(C)c(OCc2c(C#N)c(C)nn2-c2ccccc2)c1. The number of para-hydroxylation sites is 1. The second-order valence-corrected chi connectivity index (χ2v) is 5.82. The standard InChI is InChI=1S/C20H19N3O/c1-14-9-10-15(2)20(11-14)24-13-19-18(12-21)16(3)22-23(19)17-7-5-4-6-8-17/h4-11H,13H2,1-3H3. The highest BCUT2D eigenvalue weighted by Gasteiger charge is 2.17. The Morgan fingerprint density at radius 3 is 2.54 bits per heavy atom. The fourth-order valence-electron chi connectivity index (χ4n) is 2.65. The van der Waals surface area contributed by atoms with Gasteiger partial charge < -0.3 is 4.74 Å². The average molecular weight is 317 g/mol. The molecular weight excluding hydrogens is 298 g/mol. The Labute approximate surface area is 141 Å². The Balaban J connectivity index is 1.98. The van der Waals surface area contributed by atoms with Crippen molar-refractivity contribution in [2.45, 2.75) is 27.4 Å². The van der Waals surface area contributed by atoms with Crippen LogP contribution >= 0.6 is 0 Å². The van der Waals surface area contributed by atoms with Crippen LogP contribution in [0.25, 0.3) is 5.69 Å². The van der Waals surface area contributed by atoms with Gasteiger partial charge in [-0.15, -0.1) is 0 Å². The molecule has 0 aliphatic carbocycles. The molecule has 1 heterocycles. The maximum Gasteiger partial charge on any atom is 0.132 e. The number of hydrogen-bond acceptors (Lipinski definition) is 3. The Morgan fingerprint density at radius 1 is 1.08 bits per heavy atom. The number of aryl methyl sites for hydroxylation is 3. The van der Waals surface area contributed by atoms with Gasteiger partial charge in [-0.1, -0.05) is 30.3 Å². The number of nitrogens with zero attached hydrogens (tertiary/aromatic N) is 3. The molecule has 0 aliphatic heterocycles. The maximum atomic E-state index is 9.50. The molecule has 4 nitrogen and oxygen atoms in total. The number of aromatic nitrogens is 2. The minimum absolute atomic E-state index is 0.295. The topological polar surface area (TPSA) is 50.8 Å². The fourth-order valence-corrected chi connectivity index (χ4v) is 2.65. The maximum absolute atomic E-state index is 9.50. The highest BCUT2D eigenvalue weighted by molar-refractivity contribution is 5.44. The van der Waals surface area contributed by atoms with Crippen LogP contribution in [0.2, 0.25) is 0 Å². The van der Waals surface area contributed by atoms with Crippen LogP contribution in [0.15, 0.2) is 48.5 Å². The summed E-state index contributed by atoms with van der Waals surface area (Å²) in [5.74, 6) is 0.831. The molecule has 2 aromatic carbocycles. The summed E-state index contributed by atoms with van der Waals surface area (Å²) in [5, 5.41) is 14.0. The summed E-state index contributed by atoms with van der Waals surface area (Å²) in [6.45, 7) is 6.19. The second kappa shape index (κ2) is 6.59. The van der Waals surface area contributed by atoms with E-state index in [1.165, 1.54) is 0 Å². The summed E-state index contributed by atoms with van der Waals surface area (Å²) >= 11 is 0. The Kier molecular flexibility index (Phi) is 4.35. The molecule has 0 fully saturated rings. The van der Waals surface area contributed by atoms with E-state index in [0.717, 1.165) is 28.3 Å². The molecule has 1 aromatic heterocycles. The first-order chi connectivity index (χ1) is 11.6. The number of benzene rings is 2. The molecule has 0 amide bonds. The van der Waals surface area contributed by atoms with Crippen molar-refractivity contribution in [2.24, 2.45) is 0 Å². The van der Waals surface area contributed by atoms with E-state index in [1.807, 2.05) is 63.2 Å². The number of nitriles is 1. The Morgan fingerprint density at radius 2 is 1.83 bits per heavy atom. The van der Waals surface area contributed by atoms with Gasteiger partial charge in [0.25, 0.3) is 0 Å².